The Kier molecular flexibility index (Phi) is 8.07. The van der Waals surface area contributed by atoms with Crippen LogP contribution in [0.1, 0.15) is 45.6 Å². The molecule has 2 aliphatic rings. The fourth-order valence-corrected chi connectivity index (χ4v) is 4.75. The highest BCUT2D eigenvalue weighted by molar-refractivity contribution is 5.87. The number of carbonyl (C=O) groups excluding carboxylic acids is 3. The molecule has 1 aliphatic carbocycles. The third-order valence-corrected chi connectivity index (χ3v) is 6.89. The van der Waals surface area contributed by atoms with Crippen molar-refractivity contribution >= 4 is 23.6 Å². The van der Waals surface area contributed by atoms with E-state index in [1.54, 1.807) is 19.6 Å². The first-order chi connectivity index (χ1) is 16.0. The maximum Gasteiger partial charge on any atom is 0.409 e. The molecule has 3 amide bonds. The number of hydrogen-bond donors (Lipinski definition) is 2. The van der Waals surface area contributed by atoms with E-state index in [2.05, 4.69) is 49.9 Å². The summed E-state index contributed by atoms with van der Waals surface area (Å²) < 4.78 is 5.44. The van der Waals surface area contributed by atoms with Gasteiger partial charge >= 0.3 is 6.09 Å². The lowest BCUT2D eigenvalue weighted by Crippen LogP contribution is -2.53. The van der Waals surface area contributed by atoms with Crippen LogP contribution in [0.2, 0.25) is 0 Å². The van der Waals surface area contributed by atoms with Crippen LogP contribution >= 0.6 is 0 Å². The molecule has 0 radical (unpaired) electrons. The van der Waals surface area contributed by atoms with Gasteiger partial charge in [-0.05, 0) is 42.4 Å². The van der Waals surface area contributed by atoms with Crippen LogP contribution in [0, 0.1) is 11.8 Å². The summed E-state index contributed by atoms with van der Waals surface area (Å²) in [6.45, 7) is 9.15. The Bertz CT molecular complexity index is 872. The van der Waals surface area contributed by atoms with E-state index in [4.69, 9.17) is 4.74 Å². The quantitative estimate of drug-likeness (QED) is 0.514. The van der Waals surface area contributed by atoms with Crippen LogP contribution in [-0.2, 0) is 19.7 Å². The topological polar surface area (TPSA) is 102 Å². The molecule has 3 rings (SSSR count). The van der Waals surface area contributed by atoms with E-state index in [0.29, 0.717) is 39.0 Å². The number of rotatable bonds is 4. The van der Waals surface area contributed by atoms with Gasteiger partial charge in [0.1, 0.15) is 6.10 Å². The van der Waals surface area contributed by atoms with Gasteiger partial charge in [0.2, 0.25) is 11.8 Å². The minimum Gasteiger partial charge on any atom is -0.446 e. The highest BCUT2D eigenvalue weighted by atomic mass is 16.6. The van der Waals surface area contributed by atoms with Crippen molar-refractivity contribution in [1.82, 2.24) is 15.3 Å². The Morgan fingerprint density at radius 1 is 1.00 bits per heavy atom. The van der Waals surface area contributed by atoms with E-state index in [1.165, 1.54) is 10.5 Å². The summed E-state index contributed by atoms with van der Waals surface area (Å²) in [6, 6.07) is 8.59. The number of hydroxylamine groups is 1. The first kappa shape index (κ1) is 25.8. The van der Waals surface area contributed by atoms with Crippen molar-refractivity contribution < 1.29 is 24.3 Å². The van der Waals surface area contributed by atoms with Crippen molar-refractivity contribution in [2.24, 2.45) is 11.8 Å². The van der Waals surface area contributed by atoms with Gasteiger partial charge in [-0.1, -0.05) is 32.9 Å². The average Bonchev–Trinajstić information content (AvgIpc) is 2.82. The molecule has 1 heterocycles. The van der Waals surface area contributed by atoms with E-state index in [-0.39, 0.29) is 17.7 Å². The Balaban J connectivity index is 1.60. The number of amides is 3. The van der Waals surface area contributed by atoms with Crippen LogP contribution in [0.25, 0.3) is 0 Å². The van der Waals surface area contributed by atoms with Gasteiger partial charge in [-0.15, -0.1) is 0 Å². The summed E-state index contributed by atoms with van der Waals surface area (Å²) in [7, 11) is 3.18. The number of nitrogens with zero attached hydrogens (tertiary/aromatic N) is 3. The molecule has 3 unspecified atom stereocenters. The zero-order valence-electron chi connectivity index (χ0n) is 20.9. The smallest absolute Gasteiger partial charge is 0.409 e. The Labute approximate surface area is 202 Å². The van der Waals surface area contributed by atoms with Gasteiger partial charge in [-0.25, -0.2) is 10.3 Å². The number of anilines is 1. The fraction of sp³-hybridized carbons (Fsp3) is 0.640. The molecule has 2 fully saturated rings. The molecule has 1 saturated carbocycles. The summed E-state index contributed by atoms with van der Waals surface area (Å²) in [5.74, 6) is -1.97. The van der Waals surface area contributed by atoms with Crippen molar-refractivity contribution in [1.29, 1.82) is 0 Å². The minimum absolute atomic E-state index is 0.0753. The Morgan fingerprint density at radius 3 is 2.15 bits per heavy atom. The number of hydrogen-bond acceptors (Lipinski definition) is 6. The molecule has 9 heteroatoms. The van der Waals surface area contributed by atoms with Gasteiger partial charge in [0.15, 0.2) is 0 Å². The number of nitrogens with one attached hydrogen (secondary N) is 1. The van der Waals surface area contributed by atoms with Gasteiger partial charge in [-0.2, -0.15) is 0 Å². The van der Waals surface area contributed by atoms with E-state index in [0.717, 1.165) is 5.69 Å². The van der Waals surface area contributed by atoms with E-state index >= 15 is 0 Å². The van der Waals surface area contributed by atoms with Crippen molar-refractivity contribution in [2.75, 3.05) is 45.2 Å². The second kappa shape index (κ2) is 10.6. The standard InChI is InChI=1S/C25H38N4O5/c1-25(2,3)17-6-8-18(9-7-17)28-12-14-29(15-13-28)23(31)20-11-10-19(34-24(32)27(4)5)16-21(20)22(30)26-33/h6-9,19-21,33H,10-16H2,1-5H3,(H,26,30). The van der Waals surface area contributed by atoms with Crippen molar-refractivity contribution in [2.45, 2.75) is 51.6 Å². The van der Waals surface area contributed by atoms with E-state index < -0.39 is 29.9 Å². The van der Waals surface area contributed by atoms with Gasteiger partial charge in [0.05, 0.1) is 11.8 Å². The van der Waals surface area contributed by atoms with Gasteiger partial charge in [-0.3, -0.25) is 14.8 Å². The van der Waals surface area contributed by atoms with Crippen LogP contribution in [-0.4, -0.2) is 79.3 Å². The van der Waals surface area contributed by atoms with Gasteiger partial charge < -0.3 is 19.4 Å². The predicted octanol–water partition coefficient (Wildman–Crippen LogP) is 2.62. The maximum atomic E-state index is 13.3. The van der Waals surface area contributed by atoms with Gasteiger partial charge in [0, 0.05) is 46.0 Å². The molecule has 1 aliphatic heterocycles. The summed E-state index contributed by atoms with van der Waals surface area (Å²) in [6.07, 6.45) is 0.198. The second-order valence-corrected chi connectivity index (χ2v) is 10.5. The molecular weight excluding hydrogens is 436 g/mol. The highest BCUT2D eigenvalue weighted by Crippen LogP contribution is 2.34. The van der Waals surface area contributed by atoms with Crippen LogP contribution in [0.15, 0.2) is 24.3 Å². The molecular formula is C25H38N4O5. The van der Waals surface area contributed by atoms with Crippen molar-refractivity contribution in [3.8, 4) is 0 Å². The molecule has 2 N–H and O–H groups in total. The third-order valence-electron chi connectivity index (χ3n) is 6.89. The van der Waals surface area contributed by atoms with Gasteiger partial charge in [0.25, 0.3) is 0 Å². The van der Waals surface area contributed by atoms with Crippen LogP contribution in [0.4, 0.5) is 10.5 Å². The van der Waals surface area contributed by atoms with Crippen LogP contribution in [0.5, 0.6) is 0 Å². The lowest BCUT2D eigenvalue weighted by molar-refractivity contribution is -0.149. The van der Waals surface area contributed by atoms with E-state index in [9.17, 15) is 19.6 Å². The number of benzene rings is 1. The molecule has 188 valence electrons. The van der Waals surface area contributed by atoms with E-state index in [1.807, 2.05) is 4.90 Å². The first-order valence-corrected chi connectivity index (χ1v) is 12.0. The van der Waals surface area contributed by atoms with Crippen LogP contribution in [0.3, 0.4) is 0 Å². The first-order valence-electron chi connectivity index (χ1n) is 12.0. The fourth-order valence-electron chi connectivity index (χ4n) is 4.75. The molecule has 0 aromatic heterocycles. The summed E-state index contributed by atoms with van der Waals surface area (Å²) in [5, 5.41) is 9.24. The maximum absolute atomic E-state index is 13.3. The molecule has 1 aromatic rings. The monoisotopic (exact) mass is 474 g/mol. The largest absolute Gasteiger partial charge is 0.446 e. The molecule has 34 heavy (non-hydrogen) atoms. The van der Waals surface area contributed by atoms with Crippen molar-refractivity contribution in [3.63, 3.8) is 0 Å². The third kappa shape index (κ3) is 6.00. The van der Waals surface area contributed by atoms with Crippen molar-refractivity contribution in [3.05, 3.63) is 29.8 Å². The predicted molar refractivity (Wildman–Crippen MR) is 129 cm³/mol. The SMILES string of the molecule is CN(C)C(=O)OC1CCC(C(=O)N2CCN(c3ccc(C(C)(C)C)cc3)CC2)C(C(=O)NO)C1. The molecule has 3 atom stereocenters. The molecule has 0 spiro atoms. The highest BCUT2D eigenvalue weighted by Gasteiger charge is 2.42. The zero-order valence-corrected chi connectivity index (χ0v) is 20.9. The Morgan fingerprint density at radius 2 is 1.62 bits per heavy atom. The molecule has 0 bridgehead atoms. The van der Waals surface area contributed by atoms with Crippen LogP contribution < -0.4 is 10.4 Å². The molecule has 1 aromatic carbocycles. The normalized spacial score (nSPS) is 23.3. The summed E-state index contributed by atoms with van der Waals surface area (Å²) in [5.41, 5.74) is 4.22. The summed E-state index contributed by atoms with van der Waals surface area (Å²) >= 11 is 0. The lowest BCUT2D eigenvalue weighted by Gasteiger charge is -2.40. The summed E-state index contributed by atoms with van der Waals surface area (Å²) in [4.78, 5) is 43.0. The number of carbonyl (C=O) groups is 3. The second-order valence-electron chi connectivity index (χ2n) is 10.5. The average molecular weight is 475 g/mol. The zero-order chi connectivity index (χ0) is 25.0. The molecule has 9 nitrogen and oxygen atoms in total. The minimum atomic E-state index is -0.741. The number of piperazine rings is 1. The Hall–Kier alpha value is -2.81. The number of ether oxygens (including phenoxy) is 1. The molecule has 1 saturated heterocycles. The lowest BCUT2D eigenvalue weighted by atomic mass is 9.76.